The maximum atomic E-state index is 13.6. The van der Waals surface area contributed by atoms with E-state index in [4.69, 9.17) is 4.74 Å². The summed E-state index contributed by atoms with van der Waals surface area (Å²) in [5.74, 6) is -1.44. The zero-order valence-corrected chi connectivity index (χ0v) is 14.0. The van der Waals surface area contributed by atoms with Gasteiger partial charge < -0.3 is 10.1 Å². The van der Waals surface area contributed by atoms with Gasteiger partial charge in [0.05, 0.1) is 0 Å². The smallest absolute Gasteiger partial charge is 0.325 e. The third kappa shape index (κ3) is 4.89. The summed E-state index contributed by atoms with van der Waals surface area (Å²) in [5.41, 5.74) is 1.58. The Morgan fingerprint density at radius 1 is 1.22 bits per heavy atom. The number of carbonyl (C=O) groups excluding carboxylic acids is 2. The molecule has 0 aliphatic rings. The zero-order valence-electron chi connectivity index (χ0n) is 12.4. The molecule has 0 saturated carbocycles. The Bertz CT molecular complexity index is 734. The van der Waals surface area contributed by atoms with Crippen molar-refractivity contribution in [3.63, 3.8) is 0 Å². The minimum Gasteiger partial charge on any atom is -0.459 e. The molecule has 0 spiro atoms. The van der Waals surface area contributed by atoms with Crippen LogP contribution in [0.3, 0.4) is 0 Å². The summed E-state index contributed by atoms with van der Waals surface area (Å²) in [6.07, 6.45) is 0. The van der Waals surface area contributed by atoms with Gasteiger partial charge >= 0.3 is 5.97 Å². The van der Waals surface area contributed by atoms with Gasteiger partial charge in [-0.15, -0.1) is 0 Å². The van der Waals surface area contributed by atoms with Crippen LogP contribution in [0.2, 0.25) is 0 Å². The maximum Gasteiger partial charge on any atom is 0.325 e. The Balaban J connectivity index is 1.83. The van der Waals surface area contributed by atoms with Crippen LogP contribution in [0, 0.1) is 12.7 Å². The van der Waals surface area contributed by atoms with Gasteiger partial charge in [-0.25, -0.2) is 4.39 Å². The van der Waals surface area contributed by atoms with Gasteiger partial charge in [-0.05, 0) is 30.7 Å². The SMILES string of the molecule is Cc1ccccc1C(=O)NCC(=O)OCc1ccc(Br)cc1F. The van der Waals surface area contributed by atoms with Crippen molar-refractivity contribution in [1.82, 2.24) is 5.32 Å². The number of nitrogens with one attached hydrogen (secondary N) is 1. The first-order valence-corrected chi connectivity index (χ1v) is 7.70. The second kappa shape index (κ2) is 7.87. The van der Waals surface area contributed by atoms with E-state index in [1.807, 2.05) is 19.1 Å². The molecule has 0 atom stereocenters. The average molecular weight is 380 g/mol. The van der Waals surface area contributed by atoms with Gasteiger partial charge in [-0.2, -0.15) is 0 Å². The summed E-state index contributed by atoms with van der Waals surface area (Å²) in [4.78, 5) is 23.6. The molecule has 2 rings (SSSR count). The molecule has 23 heavy (non-hydrogen) atoms. The van der Waals surface area contributed by atoms with Crippen molar-refractivity contribution in [2.24, 2.45) is 0 Å². The first-order valence-electron chi connectivity index (χ1n) is 6.91. The third-order valence-electron chi connectivity index (χ3n) is 3.19. The third-order valence-corrected chi connectivity index (χ3v) is 3.68. The van der Waals surface area contributed by atoms with Crippen molar-refractivity contribution in [3.05, 3.63) is 69.4 Å². The van der Waals surface area contributed by atoms with E-state index in [1.54, 1.807) is 18.2 Å². The highest BCUT2D eigenvalue weighted by molar-refractivity contribution is 9.10. The summed E-state index contributed by atoms with van der Waals surface area (Å²) in [7, 11) is 0. The molecule has 0 aromatic heterocycles. The molecule has 0 saturated heterocycles. The molecule has 6 heteroatoms. The highest BCUT2D eigenvalue weighted by atomic mass is 79.9. The summed E-state index contributed by atoms with van der Waals surface area (Å²) >= 11 is 3.15. The summed E-state index contributed by atoms with van der Waals surface area (Å²) in [6, 6.07) is 11.5. The molecule has 0 unspecified atom stereocenters. The molecule has 4 nitrogen and oxygen atoms in total. The van der Waals surface area contributed by atoms with Crippen LogP contribution in [0.1, 0.15) is 21.5 Å². The van der Waals surface area contributed by atoms with Crippen LogP contribution < -0.4 is 5.32 Å². The van der Waals surface area contributed by atoms with Crippen LogP contribution in [0.5, 0.6) is 0 Å². The number of benzene rings is 2. The molecule has 2 aromatic rings. The number of halogens is 2. The second-order valence-electron chi connectivity index (χ2n) is 4.89. The van der Waals surface area contributed by atoms with Gasteiger partial charge in [-0.3, -0.25) is 9.59 Å². The van der Waals surface area contributed by atoms with Crippen LogP contribution >= 0.6 is 15.9 Å². The molecule has 120 valence electrons. The van der Waals surface area contributed by atoms with E-state index >= 15 is 0 Å². The van der Waals surface area contributed by atoms with E-state index in [2.05, 4.69) is 21.2 Å². The van der Waals surface area contributed by atoms with Crippen molar-refractivity contribution >= 4 is 27.8 Å². The van der Waals surface area contributed by atoms with Crippen LogP contribution in [0.25, 0.3) is 0 Å². The summed E-state index contributed by atoms with van der Waals surface area (Å²) in [6.45, 7) is 1.35. The summed E-state index contributed by atoms with van der Waals surface area (Å²) < 4.78 is 19.2. The van der Waals surface area contributed by atoms with Gasteiger partial charge in [0.25, 0.3) is 5.91 Å². The quantitative estimate of drug-likeness (QED) is 0.810. The van der Waals surface area contributed by atoms with Crippen molar-refractivity contribution in [1.29, 1.82) is 0 Å². The van der Waals surface area contributed by atoms with Crippen LogP contribution in [-0.4, -0.2) is 18.4 Å². The van der Waals surface area contributed by atoms with E-state index in [1.165, 1.54) is 12.1 Å². The van der Waals surface area contributed by atoms with Crippen molar-refractivity contribution in [2.75, 3.05) is 6.54 Å². The molecule has 0 heterocycles. The molecular weight excluding hydrogens is 365 g/mol. The Labute approximate surface area is 141 Å². The monoisotopic (exact) mass is 379 g/mol. The van der Waals surface area contributed by atoms with Crippen molar-refractivity contribution < 1.29 is 18.7 Å². The normalized spacial score (nSPS) is 10.2. The van der Waals surface area contributed by atoms with E-state index in [-0.39, 0.29) is 24.6 Å². The van der Waals surface area contributed by atoms with E-state index in [0.29, 0.717) is 10.0 Å². The fourth-order valence-corrected chi connectivity index (χ4v) is 2.26. The lowest BCUT2D eigenvalue weighted by atomic mass is 10.1. The molecule has 1 N–H and O–H groups in total. The number of hydrogen-bond acceptors (Lipinski definition) is 3. The number of carbonyl (C=O) groups is 2. The Morgan fingerprint density at radius 3 is 2.65 bits per heavy atom. The van der Waals surface area contributed by atoms with Gasteiger partial charge in [0.1, 0.15) is 19.0 Å². The standard InChI is InChI=1S/C17H15BrFNO3/c1-11-4-2-3-5-14(11)17(22)20-9-16(21)23-10-12-6-7-13(18)8-15(12)19/h2-8H,9-10H2,1H3,(H,20,22). The average Bonchev–Trinajstić information content (AvgIpc) is 2.52. The number of amides is 1. The highest BCUT2D eigenvalue weighted by Gasteiger charge is 2.11. The Hall–Kier alpha value is -2.21. The van der Waals surface area contributed by atoms with Crippen molar-refractivity contribution in [2.45, 2.75) is 13.5 Å². The van der Waals surface area contributed by atoms with Crippen LogP contribution in [-0.2, 0) is 16.1 Å². The van der Waals surface area contributed by atoms with Crippen LogP contribution in [0.15, 0.2) is 46.9 Å². The fraction of sp³-hybridized carbons (Fsp3) is 0.176. The van der Waals surface area contributed by atoms with E-state index < -0.39 is 11.8 Å². The zero-order chi connectivity index (χ0) is 16.8. The predicted molar refractivity (Wildman–Crippen MR) is 87.4 cm³/mol. The lowest BCUT2D eigenvalue weighted by Gasteiger charge is -2.08. The fourth-order valence-electron chi connectivity index (χ4n) is 1.92. The number of hydrogen-bond donors (Lipinski definition) is 1. The summed E-state index contributed by atoms with van der Waals surface area (Å²) in [5, 5.41) is 2.48. The number of esters is 1. The lowest BCUT2D eigenvalue weighted by molar-refractivity contribution is -0.143. The van der Waals surface area contributed by atoms with Crippen LogP contribution in [0.4, 0.5) is 4.39 Å². The first-order chi connectivity index (χ1) is 11.0. The molecule has 0 bridgehead atoms. The molecule has 0 fully saturated rings. The Kier molecular flexibility index (Phi) is 5.87. The molecular formula is C17H15BrFNO3. The van der Waals surface area contributed by atoms with Gasteiger partial charge in [0, 0.05) is 15.6 Å². The van der Waals surface area contributed by atoms with Gasteiger partial charge in [0.2, 0.25) is 0 Å². The minimum atomic E-state index is -0.630. The highest BCUT2D eigenvalue weighted by Crippen LogP contribution is 2.16. The molecule has 2 aromatic carbocycles. The molecule has 0 radical (unpaired) electrons. The second-order valence-corrected chi connectivity index (χ2v) is 5.81. The Morgan fingerprint density at radius 2 is 1.96 bits per heavy atom. The molecule has 1 amide bonds. The number of rotatable bonds is 5. The lowest BCUT2D eigenvalue weighted by Crippen LogP contribution is -2.31. The van der Waals surface area contributed by atoms with Gasteiger partial charge in [-0.1, -0.05) is 40.2 Å². The van der Waals surface area contributed by atoms with E-state index in [9.17, 15) is 14.0 Å². The number of ether oxygens (including phenoxy) is 1. The predicted octanol–water partition coefficient (Wildman–Crippen LogP) is 3.37. The van der Waals surface area contributed by atoms with E-state index in [0.717, 1.165) is 5.56 Å². The van der Waals surface area contributed by atoms with Crippen molar-refractivity contribution in [3.8, 4) is 0 Å². The largest absolute Gasteiger partial charge is 0.459 e. The maximum absolute atomic E-state index is 13.6. The minimum absolute atomic E-state index is 0.182. The number of aryl methyl sites for hydroxylation is 1. The first kappa shape index (κ1) is 17.1. The molecule has 0 aliphatic heterocycles. The topological polar surface area (TPSA) is 55.4 Å². The molecule has 0 aliphatic carbocycles. The van der Waals surface area contributed by atoms with Gasteiger partial charge in [0.15, 0.2) is 0 Å².